The van der Waals surface area contributed by atoms with E-state index >= 15 is 0 Å². The zero-order chi connectivity index (χ0) is 12.5. The molecule has 0 radical (unpaired) electrons. The van der Waals surface area contributed by atoms with Gasteiger partial charge in [-0.3, -0.25) is 4.79 Å². The van der Waals surface area contributed by atoms with Crippen LogP contribution in [0, 0.1) is 0 Å². The average molecular weight is 254 g/mol. The fourth-order valence-electron chi connectivity index (χ4n) is 1.84. The van der Waals surface area contributed by atoms with E-state index in [0.717, 1.165) is 16.0 Å². The van der Waals surface area contributed by atoms with Crippen LogP contribution in [-0.4, -0.2) is 10.9 Å². The van der Waals surface area contributed by atoms with Crippen molar-refractivity contribution in [3.05, 3.63) is 53.5 Å². The monoisotopic (exact) mass is 254 g/mol. The minimum absolute atomic E-state index is 0.322. The molecule has 1 amide bonds. The van der Waals surface area contributed by atoms with Gasteiger partial charge < -0.3 is 5.73 Å². The van der Waals surface area contributed by atoms with Crippen LogP contribution in [0.2, 0.25) is 0 Å². The van der Waals surface area contributed by atoms with E-state index < -0.39 is 5.91 Å². The lowest BCUT2D eigenvalue weighted by Crippen LogP contribution is -2.10. The Bertz CT molecular complexity index is 733. The largest absolute Gasteiger partial charge is 0.364 e. The van der Waals surface area contributed by atoms with Crippen LogP contribution < -0.4 is 5.73 Å². The number of carbonyl (C=O) groups excluding carboxylic acids is 1. The number of nitrogens with zero attached hydrogens (tertiary/aromatic N) is 1. The minimum Gasteiger partial charge on any atom is -0.364 e. The molecule has 88 valence electrons. The lowest BCUT2D eigenvalue weighted by Gasteiger charge is -2.00. The first-order valence-electron chi connectivity index (χ1n) is 5.48. The summed E-state index contributed by atoms with van der Waals surface area (Å²) in [4.78, 5) is 15.3. The molecule has 1 heterocycles. The summed E-state index contributed by atoms with van der Waals surface area (Å²) in [7, 11) is 0. The maximum atomic E-state index is 11.0. The maximum absolute atomic E-state index is 11.0. The lowest BCUT2D eigenvalue weighted by molar-refractivity contribution is 0.0996. The second-order valence-electron chi connectivity index (χ2n) is 3.96. The van der Waals surface area contributed by atoms with Crippen LogP contribution in [0.25, 0.3) is 21.3 Å². The number of primary amides is 1. The first kappa shape index (κ1) is 10.9. The number of fused-ring (bicyclic) bond motifs is 1. The Balaban J connectivity index is 2.10. The summed E-state index contributed by atoms with van der Waals surface area (Å²) in [6.45, 7) is 0. The Morgan fingerprint density at radius 1 is 1.11 bits per heavy atom. The molecule has 0 aliphatic carbocycles. The molecular weight excluding hydrogens is 244 g/mol. The van der Waals surface area contributed by atoms with E-state index in [1.54, 1.807) is 5.38 Å². The molecule has 0 bridgehead atoms. The van der Waals surface area contributed by atoms with Crippen LogP contribution >= 0.6 is 11.3 Å². The van der Waals surface area contributed by atoms with Crippen molar-refractivity contribution in [2.75, 3.05) is 0 Å². The van der Waals surface area contributed by atoms with Crippen molar-refractivity contribution in [1.29, 1.82) is 0 Å². The zero-order valence-electron chi connectivity index (χ0n) is 9.46. The molecule has 2 aromatic carbocycles. The first-order valence-corrected chi connectivity index (χ1v) is 6.36. The second-order valence-corrected chi connectivity index (χ2v) is 4.82. The van der Waals surface area contributed by atoms with Gasteiger partial charge in [-0.05, 0) is 16.8 Å². The van der Waals surface area contributed by atoms with Crippen molar-refractivity contribution in [3.8, 4) is 10.6 Å². The van der Waals surface area contributed by atoms with E-state index in [9.17, 15) is 4.79 Å². The van der Waals surface area contributed by atoms with E-state index in [0.29, 0.717) is 5.69 Å². The predicted molar refractivity (Wildman–Crippen MR) is 73.6 cm³/mol. The molecule has 0 aliphatic rings. The van der Waals surface area contributed by atoms with Crippen LogP contribution in [0.1, 0.15) is 10.5 Å². The number of hydrogen-bond acceptors (Lipinski definition) is 3. The number of carbonyl (C=O) groups is 1. The van der Waals surface area contributed by atoms with Crippen molar-refractivity contribution >= 4 is 28.0 Å². The van der Waals surface area contributed by atoms with Crippen LogP contribution in [-0.2, 0) is 0 Å². The normalized spacial score (nSPS) is 10.7. The van der Waals surface area contributed by atoms with Crippen molar-refractivity contribution in [2.24, 2.45) is 5.73 Å². The Hall–Kier alpha value is -2.20. The number of thiazole rings is 1. The molecule has 3 rings (SSSR count). The van der Waals surface area contributed by atoms with E-state index in [-0.39, 0.29) is 0 Å². The van der Waals surface area contributed by atoms with Crippen molar-refractivity contribution < 1.29 is 4.79 Å². The summed E-state index contributed by atoms with van der Waals surface area (Å²) >= 11 is 1.43. The quantitative estimate of drug-likeness (QED) is 0.764. The smallest absolute Gasteiger partial charge is 0.268 e. The molecule has 3 nitrogen and oxygen atoms in total. The van der Waals surface area contributed by atoms with Crippen LogP contribution in [0.3, 0.4) is 0 Å². The summed E-state index contributed by atoms with van der Waals surface area (Å²) < 4.78 is 0. The zero-order valence-corrected chi connectivity index (χ0v) is 10.3. The molecule has 0 saturated carbocycles. The highest BCUT2D eigenvalue weighted by molar-refractivity contribution is 7.13. The highest BCUT2D eigenvalue weighted by Gasteiger charge is 2.08. The summed E-state index contributed by atoms with van der Waals surface area (Å²) in [6, 6.07) is 14.3. The number of hydrogen-bond donors (Lipinski definition) is 1. The third-order valence-electron chi connectivity index (χ3n) is 2.75. The van der Waals surface area contributed by atoms with Gasteiger partial charge in [0.15, 0.2) is 0 Å². The SMILES string of the molecule is NC(=O)c1csc(-c2ccc3ccccc3c2)n1. The number of amides is 1. The molecule has 1 aromatic heterocycles. The van der Waals surface area contributed by atoms with Crippen LogP contribution in [0.4, 0.5) is 0 Å². The maximum Gasteiger partial charge on any atom is 0.268 e. The molecule has 18 heavy (non-hydrogen) atoms. The highest BCUT2D eigenvalue weighted by atomic mass is 32.1. The lowest BCUT2D eigenvalue weighted by atomic mass is 10.1. The Kier molecular flexibility index (Phi) is 2.57. The number of nitrogens with two attached hydrogens (primary N) is 1. The van der Waals surface area contributed by atoms with Crippen LogP contribution in [0.15, 0.2) is 47.8 Å². The molecule has 0 fully saturated rings. The molecule has 3 aromatic rings. The van der Waals surface area contributed by atoms with Gasteiger partial charge in [0.2, 0.25) is 0 Å². The molecule has 0 spiro atoms. The average Bonchev–Trinajstić information content (AvgIpc) is 2.88. The summed E-state index contributed by atoms with van der Waals surface area (Å²) in [5.74, 6) is -0.488. The van der Waals surface area contributed by atoms with E-state index in [2.05, 4.69) is 29.2 Å². The predicted octanol–water partition coefficient (Wildman–Crippen LogP) is 3.06. The van der Waals surface area contributed by atoms with Gasteiger partial charge in [-0.15, -0.1) is 11.3 Å². The molecule has 0 unspecified atom stereocenters. The van der Waals surface area contributed by atoms with Gasteiger partial charge in [0.25, 0.3) is 5.91 Å². The van der Waals surface area contributed by atoms with Gasteiger partial charge in [-0.1, -0.05) is 36.4 Å². The number of rotatable bonds is 2. The Morgan fingerprint density at radius 2 is 1.89 bits per heavy atom. The Labute approximate surface area is 108 Å². The fraction of sp³-hybridized carbons (Fsp3) is 0. The topological polar surface area (TPSA) is 56.0 Å². The fourth-order valence-corrected chi connectivity index (χ4v) is 2.65. The van der Waals surface area contributed by atoms with Crippen molar-refractivity contribution in [2.45, 2.75) is 0 Å². The molecule has 4 heteroatoms. The first-order chi connectivity index (χ1) is 8.74. The molecule has 0 saturated heterocycles. The van der Waals surface area contributed by atoms with Gasteiger partial charge in [0, 0.05) is 10.9 Å². The van der Waals surface area contributed by atoms with Gasteiger partial charge >= 0.3 is 0 Å². The van der Waals surface area contributed by atoms with Gasteiger partial charge in [0.1, 0.15) is 10.7 Å². The minimum atomic E-state index is -0.488. The van der Waals surface area contributed by atoms with Gasteiger partial charge in [-0.2, -0.15) is 0 Å². The van der Waals surface area contributed by atoms with E-state index in [4.69, 9.17) is 5.73 Å². The standard InChI is InChI=1S/C14H10N2OS/c15-13(17)12-8-18-14(16-12)11-6-5-9-3-1-2-4-10(9)7-11/h1-8H,(H2,15,17). The van der Waals surface area contributed by atoms with Crippen LogP contribution in [0.5, 0.6) is 0 Å². The molecule has 0 atom stereocenters. The summed E-state index contributed by atoms with van der Waals surface area (Å²) in [5.41, 5.74) is 6.53. The highest BCUT2D eigenvalue weighted by Crippen LogP contribution is 2.27. The summed E-state index contributed by atoms with van der Waals surface area (Å²) in [6.07, 6.45) is 0. The molecular formula is C14H10N2OS. The summed E-state index contributed by atoms with van der Waals surface area (Å²) in [5, 5.41) is 4.85. The second kappa shape index (κ2) is 4.23. The van der Waals surface area contributed by atoms with Gasteiger partial charge in [-0.25, -0.2) is 4.98 Å². The Morgan fingerprint density at radius 3 is 2.61 bits per heavy atom. The van der Waals surface area contributed by atoms with E-state index in [1.165, 1.54) is 16.7 Å². The third kappa shape index (κ3) is 1.87. The van der Waals surface area contributed by atoms with Crippen molar-refractivity contribution in [3.63, 3.8) is 0 Å². The van der Waals surface area contributed by atoms with Crippen molar-refractivity contribution in [1.82, 2.24) is 4.98 Å². The number of benzene rings is 2. The number of aromatic nitrogens is 1. The molecule has 2 N–H and O–H groups in total. The third-order valence-corrected chi connectivity index (χ3v) is 3.64. The molecule has 0 aliphatic heterocycles. The van der Waals surface area contributed by atoms with E-state index in [1.807, 2.05) is 18.2 Å². The van der Waals surface area contributed by atoms with Gasteiger partial charge in [0.05, 0.1) is 0 Å².